The van der Waals surface area contributed by atoms with Crippen LogP contribution in [0.4, 0.5) is 5.69 Å². The second-order valence-corrected chi connectivity index (χ2v) is 7.14. The third-order valence-electron chi connectivity index (χ3n) is 5.36. The van der Waals surface area contributed by atoms with Crippen molar-refractivity contribution in [1.82, 2.24) is 10.2 Å². The predicted molar refractivity (Wildman–Crippen MR) is 114 cm³/mol. The second kappa shape index (κ2) is 9.00. The largest absolute Gasteiger partial charge is 0.493 e. The van der Waals surface area contributed by atoms with Gasteiger partial charge in [0.25, 0.3) is 5.91 Å². The number of nitrogens with one attached hydrogen (secondary N) is 2. The molecule has 1 saturated heterocycles. The zero-order chi connectivity index (χ0) is 20.9. The summed E-state index contributed by atoms with van der Waals surface area (Å²) in [7, 11) is 3.19. The summed E-state index contributed by atoms with van der Waals surface area (Å²) >= 11 is 0. The normalized spacial score (nSPS) is 14.3. The molecule has 2 heterocycles. The first-order valence-electron chi connectivity index (χ1n) is 9.96. The molecule has 156 valence electrons. The molecule has 0 unspecified atom stereocenters. The van der Waals surface area contributed by atoms with Crippen LogP contribution in [-0.2, 0) is 4.74 Å². The number of carbonyl (C=O) groups excluding carboxylic acids is 1. The maximum absolute atomic E-state index is 12.9. The highest BCUT2D eigenvalue weighted by atomic mass is 16.5. The van der Waals surface area contributed by atoms with Crippen molar-refractivity contribution in [1.29, 1.82) is 0 Å². The van der Waals surface area contributed by atoms with Crippen molar-refractivity contribution in [3.8, 4) is 22.8 Å². The molecule has 0 radical (unpaired) electrons. The first-order chi connectivity index (χ1) is 14.7. The van der Waals surface area contributed by atoms with Crippen LogP contribution >= 0.6 is 0 Å². The Labute approximate surface area is 175 Å². The fourth-order valence-corrected chi connectivity index (χ4v) is 3.73. The van der Waals surface area contributed by atoms with Gasteiger partial charge in [0, 0.05) is 30.3 Å². The van der Waals surface area contributed by atoms with E-state index in [1.807, 2.05) is 36.4 Å². The van der Waals surface area contributed by atoms with Crippen molar-refractivity contribution >= 4 is 11.6 Å². The van der Waals surface area contributed by atoms with Gasteiger partial charge >= 0.3 is 0 Å². The molecule has 7 nitrogen and oxygen atoms in total. The number of H-pyrrole nitrogens is 1. The Morgan fingerprint density at radius 2 is 1.80 bits per heavy atom. The fourth-order valence-electron chi connectivity index (χ4n) is 3.73. The topological polar surface area (TPSA) is 85.5 Å². The van der Waals surface area contributed by atoms with Gasteiger partial charge in [0.15, 0.2) is 11.5 Å². The maximum atomic E-state index is 12.9. The molecule has 30 heavy (non-hydrogen) atoms. The third-order valence-corrected chi connectivity index (χ3v) is 5.36. The number of hydrogen-bond donors (Lipinski definition) is 2. The summed E-state index contributed by atoms with van der Waals surface area (Å²) < 4.78 is 16.3. The monoisotopic (exact) mass is 407 g/mol. The molecule has 4 rings (SSSR count). The van der Waals surface area contributed by atoms with Crippen LogP contribution < -0.4 is 14.8 Å². The molecule has 1 aromatic heterocycles. The first-order valence-corrected chi connectivity index (χ1v) is 9.96. The molecule has 0 bridgehead atoms. The average Bonchev–Trinajstić information content (AvgIpc) is 3.23. The number of hydrogen-bond acceptors (Lipinski definition) is 5. The van der Waals surface area contributed by atoms with E-state index >= 15 is 0 Å². The molecular formula is C23H25N3O4. The molecule has 1 aliphatic heterocycles. The van der Waals surface area contributed by atoms with Crippen LogP contribution in [0.15, 0.2) is 48.5 Å². The highest BCUT2D eigenvalue weighted by molar-refractivity contribution is 6.06. The zero-order valence-corrected chi connectivity index (χ0v) is 17.1. The lowest BCUT2D eigenvalue weighted by Crippen LogP contribution is -2.18. The number of ether oxygens (including phenoxy) is 3. The van der Waals surface area contributed by atoms with Gasteiger partial charge in [0.1, 0.15) is 5.69 Å². The summed E-state index contributed by atoms with van der Waals surface area (Å²) in [6.45, 7) is 1.39. The van der Waals surface area contributed by atoms with E-state index in [1.54, 1.807) is 26.4 Å². The smallest absolute Gasteiger partial charge is 0.255 e. The molecular weight excluding hydrogens is 382 g/mol. The summed E-state index contributed by atoms with van der Waals surface area (Å²) in [5.74, 6) is 1.31. The van der Waals surface area contributed by atoms with Gasteiger partial charge in [-0.3, -0.25) is 9.89 Å². The Kier molecular flexibility index (Phi) is 5.99. The molecule has 7 heteroatoms. The summed E-state index contributed by atoms with van der Waals surface area (Å²) in [4.78, 5) is 12.9. The van der Waals surface area contributed by atoms with Gasteiger partial charge in [-0.25, -0.2) is 0 Å². The number of aromatic nitrogens is 2. The molecule has 2 aromatic carbocycles. The Bertz CT molecular complexity index is 1010. The summed E-state index contributed by atoms with van der Waals surface area (Å²) in [6.07, 6.45) is 1.75. The van der Waals surface area contributed by atoms with Crippen molar-refractivity contribution in [2.24, 2.45) is 0 Å². The Hall–Kier alpha value is -3.32. The Balaban J connectivity index is 1.75. The fraction of sp³-hybridized carbons (Fsp3) is 0.304. The van der Waals surface area contributed by atoms with Crippen LogP contribution in [-0.4, -0.2) is 43.5 Å². The third kappa shape index (κ3) is 4.02. The van der Waals surface area contributed by atoms with Crippen LogP contribution in [0, 0.1) is 0 Å². The van der Waals surface area contributed by atoms with Gasteiger partial charge in [-0.05, 0) is 43.2 Å². The van der Waals surface area contributed by atoms with E-state index in [4.69, 9.17) is 14.2 Å². The maximum Gasteiger partial charge on any atom is 0.255 e. The first kappa shape index (κ1) is 20.0. The Morgan fingerprint density at radius 3 is 2.50 bits per heavy atom. The molecule has 1 amide bonds. The zero-order valence-electron chi connectivity index (χ0n) is 17.1. The van der Waals surface area contributed by atoms with E-state index in [0.717, 1.165) is 24.1 Å². The highest BCUT2D eigenvalue weighted by Crippen LogP contribution is 2.39. The summed E-state index contributed by atoms with van der Waals surface area (Å²) in [5.41, 5.74) is 3.71. The van der Waals surface area contributed by atoms with E-state index in [0.29, 0.717) is 41.7 Å². The summed E-state index contributed by atoms with van der Waals surface area (Å²) in [5, 5.41) is 10.8. The van der Waals surface area contributed by atoms with Crippen LogP contribution in [0.1, 0.15) is 34.8 Å². The quantitative estimate of drug-likeness (QED) is 0.638. The van der Waals surface area contributed by atoms with Crippen LogP contribution in [0.25, 0.3) is 11.3 Å². The van der Waals surface area contributed by atoms with Crippen molar-refractivity contribution < 1.29 is 19.0 Å². The number of anilines is 1. The minimum Gasteiger partial charge on any atom is -0.493 e. The van der Waals surface area contributed by atoms with Crippen molar-refractivity contribution in [2.75, 3.05) is 32.8 Å². The number of methoxy groups -OCH3 is 2. The summed E-state index contributed by atoms with van der Waals surface area (Å²) in [6, 6.07) is 14.8. The van der Waals surface area contributed by atoms with E-state index in [9.17, 15) is 4.79 Å². The van der Waals surface area contributed by atoms with Gasteiger partial charge < -0.3 is 19.5 Å². The molecule has 0 aliphatic carbocycles. The number of carbonyl (C=O) groups is 1. The lowest BCUT2D eigenvalue weighted by molar-refractivity contribution is 0.0846. The lowest BCUT2D eigenvalue weighted by Gasteiger charge is -2.22. The van der Waals surface area contributed by atoms with Crippen molar-refractivity contribution in [2.45, 2.75) is 18.8 Å². The van der Waals surface area contributed by atoms with E-state index in [1.165, 1.54) is 0 Å². The molecule has 1 fully saturated rings. The average molecular weight is 407 g/mol. The number of amides is 1. The van der Waals surface area contributed by atoms with E-state index in [-0.39, 0.29) is 11.8 Å². The van der Waals surface area contributed by atoms with Gasteiger partial charge in [-0.2, -0.15) is 5.10 Å². The highest BCUT2D eigenvalue weighted by Gasteiger charge is 2.26. The van der Waals surface area contributed by atoms with Gasteiger partial charge in [0.2, 0.25) is 0 Å². The van der Waals surface area contributed by atoms with Gasteiger partial charge in [-0.1, -0.05) is 18.2 Å². The van der Waals surface area contributed by atoms with Crippen LogP contribution in [0.5, 0.6) is 11.5 Å². The Morgan fingerprint density at radius 1 is 1.07 bits per heavy atom. The molecule has 2 N–H and O–H groups in total. The van der Waals surface area contributed by atoms with Gasteiger partial charge in [0.05, 0.1) is 25.6 Å². The molecule has 1 aliphatic rings. The van der Waals surface area contributed by atoms with Crippen LogP contribution in [0.3, 0.4) is 0 Å². The minimum absolute atomic E-state index is 0.174. The van der Waals surface area contributed by atoms with Crippen molar-refractivity contribution in [3.63, 3.8) is 0 Å². The number of nitrogens with zero attached hydrogens (tertiary/aromatic N) is 1. The number of rotatable bonds is 6. The van der Waals surface area contributed by atoms with E-state index in [2.05, 4.69) is 15.5 Å². The minimum atomic E-state index is -0.174. The lowest BCUT2D eigenvalue weighted by atomic mass is 9.94. The SMILES string of the molecule is COc1ccc(-c2n[nH]c(C3CCOCC3)c2NC(=O)c2ccccc2)cc1OC. The second-order valence-electron chi connectivity index (χ2n) is 7.14. The molecule has 0 atom stereocenters. The molecule has 0 saturated carbocycles. The number of benzene rings is 2. The van der Waals surface area contributed by atoms with E-state index < -0.39 is 0 Å². The number of aromatic amines is 1. The molecule has 0 spiro atoms. The predicted octanol–water partition coefficient (Wildman–Crippen LogP) is 4.24. The van der Waals surface area contributed by atoms with Crippen molar-refractivity contribution in [3.05, 3.63) is 59.8 Å². The standard InChI is InChI=1S/C23H25N3O4/c1-28-18-9-8-17(14-19(18)29-2)21-22(24-23(27)16-6-4-3-5-7-16)20(25-26-21)15-10-12-30-13-11-15/h3-9,14-15H,10-13H2,1-2H3,(H,24,27)(H,25,26). The van der Waals surface area contributed by atoms with Crippen LogP contribution in [0.2, 0.25) is 0 Å². The van der Waals surface area contributed by atoms with Gasteiger partial charge in [-0.15, -0.1) is 0 Å². The molecule has 3 aromatic rings.